The largest absolute Gasteiger partial charge is 0.345 e. The van der Waals surface area contributed by atoms with Crippen LogP contribution in [0.3, 0.4) is 0 Å². The highest BCUT2D eigenvalue weighted by Gasteiger charge is 2.26. The van der Waals surface area contributed by atoms with Crippen molar-refractivity contribution in [2.75, 3.05) is 31.1 Å². The Morgan fingerprint density at radius 3 is 2.52 bits per heavy atom. The minimum Gasteiger partial charge on any atom is -0.345 e. The van der Waals surface area contributed by atoms with Gasteiger partial charge in [0, 0.05) is 37.8 Å². The number of nitrogens with zero attached hydrogens (tertiary/aromatic N) is 5. The van der Waals surface area contributed by atoms with Gasteiger partial charge in [-0.3, -0.25) is 4.79 Å². The molecule has 0 bridgehead atoms. The van der Waals surface area contributed by atoms with Crippen molar-refractivity contribution in [3.8, 4) is 5.69 Å². The van der Waals surface area contributed by atoms with Crippen LogP contribution in [0.25, 0.3) is 5.69 Å². The van der Waals surface area contributed by atoms with Crippen LogP contribution in [0.1, 0.15) is 28.5 Å². The molecule has 0 aliphatic carbocycles. The van der Waals surface area contributed by atoms with Gasteiger partial charge in [-0.05, 0) is 25.5 Å². The normalized spacial score (nSPS) is 14.6. The summed E-state index contributed by atoms with van der Waals surface area (Å²) in [4.78, 5) is 21.6. The topological polar surface area (TPSA) is 54.3 Å². The number of aryl methyl sites for hydroxylation is 1. The average Bonchev–Trinajstić information content (AvgIpc) is 3.38. The summed E-state index contributed by atoms with van der Waals surface area (Å²) < 4.78 is 1.89. The van der Waals surface area contributed by atoms with Gasteiger partial charge < -0.3 is 9.80 Å². The molecule has 27 heavy (non-hydrogen) atoms. The van der Waals surface area contributed by atoms with Gasteiger partial charge in [0.1, 0.15) is 0 Å². The Labute approximate surface area is 163 Å². The minimum absolute atomic E-state index is 0.0731. The summed E-state index contributed by atoms with van der Waals surface area (Å²) in [7, 11) is 0. The van der Waals surface area contributed by atoms with E-state index in [1.807, 2.05) is 33.3 Å². The zero-order valence-electron chi connectivity index (χ0n) is 15.6. The van der Waals surface area contributed by atoms with Gasteiger partial charge in [-0.1, -0.05) is 24.6 Å². The molecule has 0 N–H and O–H groups in total. The molecule has 1 aliphatic heterocycles. The molecular formula is C20H23N5OS. The van der Waals surface area contributed by atoms with E-state index in [0.29, 0.717) is 18.7 Å². The van der Waals surface area contributed by atoms with Gasteiger partial charge in [-0.2, -0.15) is 5.10 Å². The number of thiazole rings is 1. The lowest BCUT2D eigenvalue weighted by atomic mass is 10.1. The van der Waals surface area contributed by atoms with Crippen molar-refractivity contribution in [3.05, 3.63) is 58.9 Å². The predicted molar refractivity (Wildman–Crippen MR) is 108 cm³/mol. The van der Waals surface area contributed by atoms with E-state index in [2.05, 4.69) is 41.0 Å². The SMILES string of the molecule is CCc1c(C(=O)N2CCN(c3nccs3)CC2)cnn1-c1ccc(C)cc1. The van der Waals surface area contributed by atoms with E-state index in [1.54, 1.807) is 17.5 Å². The second kappa shape index (κ2) is 7.52. The summed E-state index contributed by atoms with van der Waals surface area (Å²) in [5.41, 5.74) is 3.87. The monoisotopic (exact) mass is 381 g/mol. The summed E-state index contributed by atoms with van der Waals surface area (Å²) in [5, 5.41) is 7.53. The van der Waals surface area contributed by atoms with Crippen LogP contribution in [0.2, 0.25) is 0 Å². The van der Waals surface area contributed by atoms with E-state index in [4.69, 9.17) is 0 Å². The van der Waals surface area contributed by atoms with Crippen LogP contribution in [0.4, 0.5) is 5.13 Å². The van der Waals surface area contributed by atoms with Gasteiger partial charge >= 0.3 is 0 Å². The van der Waals surface area contributed by atoms with Crippen molar-refractivity contribution in [2.45, 2.75) is 20.3 Å². The summed E-state index contributed by atoms with van der Waals surface area (Å²) in [6, 6.07) is 8.22. The molecule has 0 unspecified atom stereocenters. The second-order valence-electron chi connectivity index (χ2n) is 6.70. The van der Waals surface area contributed by atoms with Crippen LogP contribution in [-0.2, 0) is 6.42 Å². The first-order chi connectivity index (χ1) is 13.2. The van der Waals surface area contributed by atoms with E-state index in [9.17, 15) is 4.79 Å². The fraction of sp³-hybridized carbons (Fsp3) is 0.350. The zero-order valence-corrected chi connectivity index (χ0v) is 16.4. The van der Waals surface area contributed by atoms with Crippen LogP contribution in [0.5, 0.6) is 0 Å². The molecule has 0 atom stereocenters. The van der Waals surface area contributed by atoms with E-state index >= 15 is 0 Å². The molecule has 3 aromatic rings. The summed E-state index contributed by atoms with van der Waals surface area (Å²) in [5.74, 6) is 0.0731. The summed E-state index contributed by atoms with van der Waals surface area (Å²) in [6.07, 6.45) is 4.30. The van der Waals surface area contributed by atoms with Crippen LogP contribution >= 0.6 is 11.3 Å². The Balaban J connectivity index is 1.52. The molecule has 3 heterocycles. The number of amides is 1. The molecule has 140 valence electrons. The maximum absolute atomic E-state index is 13.1. The van der Waals surface area contributed by atoms with E-state index in [-0.39, 0.29) is 5.91 Å². The number of aromatic nitrogens is 3. The van der Waals surface area contributed by atoms with Gasteiger partial charge in [-0.15, -0.1) is 11.3 Å². The quantitative estimate of drug-likeness (QED) is 0.697. The number of piperazine rings is 1. The number of anilines is 1. The minimum atomic E-state index is 0.0731. The number of hydrogen-bond donors (Lipinski definition) is 0. The first kappa shape index (κ1) is 17.7. The maximum atomic E-state index is 13.1. The number of rotatable bonds is 4. The molecule has 2 aromatic heterocycles. The third kappa shape index (κ3) is 3.47. The first-order valence-electron chi connectivity index (χ1n) is 9.25. The smallest absolute Gasteiger partial charge is 0.257 e. The molecule has 4 rings (SSSR count). The van der Waals surface area contributed by atoms with E-state index in [1.165, 1.54) is 5.56 Å². The molecule has 6 nitrogen and oxygen atoms in total. The van der Waals surface area contributed by atoms with Crippen molar-refractivity contribution in [1.29, 1.82) is 0 Å². The number of benzene rings is 1. The van der Waals surface area contributed by atoms with Crippen molar-refractivity contribution >= 4 is 22.4 Å². The third-order valence-corrected chi connectivity index (χ3v) is 5.80. The fourth-order valence-corrected chi connectivity index (χ4v) is 4.14. The molecule has 1 aliphatic rings. The molecule has 7 heteroatoms. The van der Waals surface area contributed by atoms with Gasteiger partial charge in [0.15, 0.2) is 5.13 Å². The number of carbonyl (C=O) groups excluding carboxylic acids is 1. The van der Waals surface area contributed by atoms with Crippen molar-refractivity contribution in [1.82, 2.24) is 19.7 Å². The molecule has 1 aromatic carbocycles. The Kier molecular flexibility index (Phi) is 4.94. The van der Waals surface area contributed by atoms with Crippen LogP contribution in [0, 0.1) is 6.92 Å². The number of hydrogen-bond acceptors (Lipinski definition) is 5. The highest BCUT2D eigenvalue weighted by atomic mass is 32.1. The molecule has 1 fully saturated rings. The second-order valence-corrected chi connectivity index (χ2v) is 7.57. The highest BCUT2D eigenvalue weighted by Crippen LogP contribution is 2.22. The van der Waals surface area contributed by atoms with Crippen molar-refractivity contribution in [3.63, 3.8) is 0 Å². The van der Waals surface area contributed by atoms with E-state index < -0.39 is 0 Å². The molecule has 0 spiro atoms. The molecular weight excluding hydrogens is 358 g/mol. The number of carbonyl (C=O) groups is 1. The average molecular weight is 382 g/mol. The first-order valence-corrected chi connectivity index (χ1v) is 10.1. The van der Waals surface area contributed by atoms with Crippen molar-refractivity contribution < 1.29 is 4.79 Å². The molecule has 0 saturated carbocycles. The highest BCUT2D eigenvalue weighted by molar-refractivity contribution is 7.13. The van der Waals surface area contributed by atoms with Gasteiger partial charge in [0.25, 0.3) is 5.91 Å². The van der Waals surface area contributed by atoms with Crippen LogP contribution in [-0.4, -0.2) is 51.8 Å². The lowest BCUT2D eigenvalue weighted by molar-refractivity contribution is 0.0745. The van der Waals surface area contributed by atoms with Crippen LogP contribution < -0.4 is 4.90 Å². The summed E-state index contributed by atoms with van der Waals surface area (Å²) >= 11 is 1.64. The zero-order chi connectivity index (χ0) is 18.8. The van der Waals surface area contributed by atoms with E-state index in [0.717, 1.165) is 36.0 Å². The van der Waals surface area contributed by atoms with Crippen molar-refractivity contribution in [2.24, 2.45) is 0 Å². The molecule has 1 saturated heterocycles. The lowest BCUT2D eigenvalue weighted by Gasteiger charge is -2.34. The van der Waals surface area contributed by atoms with Crippen LogP contribution in [0.15, 0.2) is 42.0 Å². The predicted octanol–water partition coefficient (Wildman–Crippen LogP) is 3.16. The van der Waals surface area contributed by atoms with Gasteiger partial charge in [0.05, 0.1) is 23.1 Å². The molecule has 1 amide bonds. The lowest BCUT2D eigenvalue weighted by Crippen LogP contribution is -2.48. The Bertz CT molecular complexity index is 909. The Morgan fingerprint density at radius 2 is 1.89 bits per heavy atom. The molecule has 0 radical (unpaired) electrons. The third-order valence-electron chi connectivity index (χ3n) is 4.97. The Morgan fingerprint density at radius 1 is 1.15 bits per heavy atom. The van der Waals surface area contributed by atoms with Gasteiger partial charge in [-0.25, -0.2) is 9.67 Å². The fourth-order valence-electron chi connectivity index (χ4n) is 3.44. The summed E-state index contributed by atoms with van der Waals surface area (Å²) in [6.45, 7) is 7.17. The Hall–Kier alpha value is -2.67. The standard InChI is InChI=1S/C20H23N5OS/c1-3-18-17(14-22-25(18)16-6-4-15(2)5-7-16)19(26)23-9-11-24(12-10-23)20-21-8-13-27-20/h4-8,13-14H,3,9-12H2,1-2H3. The maximum Gasteiger partial charge on any atom is 0.257 e. The van der Waals surface area contributed by atoms with Gasteiger partial charge in [0.2, 0.25) is 0 Å².